The maximum atomic E-state index is 12.5. The van der Waals surface area contributed by atoms with Crippen LogP contribution in [-0.2, 0) is 11.3 Å². The molecular formula is C23H17N5O6. The number of amides is 4. The molecule has 11 nitrogen and oxygen atoms in total. The van der Waals surface area contributed by atoms with E-state index >= 15 is 0 Å². The number of pyridine rings is 1. The number of aromatic nitrogens is 1. The van der Waals surface area contributed by atoms with E-state index < -0.39 is 29.2 Å². The highest BCUT2D eigenvalue weighted by Crippen LogP contribution is 2.26. The molecule has 0 saturated carbocycles. The van der Waals surface area contributed by atoms with E-state index in [1.807, 2.05) is 0 Å². The van der Waals surface area contributed by atoms with Gasteiger partial charge in [-0.1, -0.05) is 12.1 Å². The summed E-state index contributed by atoms with van der Waals surface area (Å²) in [6, 6.07) is 13.5. The monoisotopic (exact) mass is 459 g/mol. The Labute approximate surface area is 192 Å². The number of fused-ring (bicyclic) bond motifs is 1. The number of imide groups is 1. The van der Waals surface area contributed by atoms with Crippen molar-refractivity contribution in [2.75, 3.05) is 11.9 Å². The number of nitro benzene ring substituents is 1. The molecule has 34 heavy (non-hydrogen) atoms. The molecule has 0 fully saturated rings. The van der Waals surface area contributed by atoms with Gasteiger partial charge in [0.2, 0.25) is 5.91 Å². The highest BCUT2D eigenvalue weighted by molar-refractivity contribution is 6.22. The molecule has 3 aromatic rings. The number of nitro groups is 1. The summed E-state index contributed by atoms with van der Waals surface area (Å²) in [6.07, 6.45) is 3.00. The van der Waals surface area contributed by atoms with Gasteiger partial charge >= 0.3 is 0 Å². The Morgan fingerprint density at radius 2 is 1.79 bits per heavy atom. The molecule has 1 aromatic heterocycles. The molecule has 4 rings (SSSR count). The Morgan fingerprint density at radius 3 is 2.53 bits per heavy atom. The molecule has 170 valence electrons. The molecule has 0 aliphatic carbocycles. The van der Waals surface area contributed by atoms with Gasteiger partial charge in [-0.2, -0.15) is 0 Å². The average molecular weight is 459 g/mol. The zero-order valence-electron chi connectivity index (χ0n) is 17.6. The van der Waals surface area contributed by atoms with Crippen molar-refractivity contribution in [3.63, 3.8) is 0 Å². The Hall–Kier alpha value is -4.93. The van der Waals surface area contributed by atoms with E-state index in [-0.39, 0.29) is 29.3 Å². The van der Waals surface area contributed by atoms with Crippen molar-refractivity contribution in [1.29, 1.82) is 0 Å². The molecular weight excluding hydrogens is 442 g/mol. The van der Waals surface area contributed by atoms with Gasteiger partial charge < -0.3 is 10.6 Å². The van der Waals surface area contributed by atoms with Gasteiger partial charge in [-0.05, 0) is 35.9 Å². The number of anilines is 1. The van der Waals surface area contributed by atoms with Crippen LogP contribution in [0.1, 0.15) is 36.6 Å². The molecule has 2 heterocycles. The Balaban J connectivity index is 1.36. The quantitative estimate of drug-likeness (QED) is 0.312. The van der Waals surface area contributed by atoms with E-state index in [4.69, 9.17) is 0 Å². The van der Waals surface area contributed by atoms with Gasteiger partial charge in [0, 0.05) is 36.8 Å². The fourth-order valence-corrected chi connectivity index (χ4v) is 3.40. The molecule has 1 aliphatic rings. The van der Waals surface area contributed by atoms with Crippen LogP contribution in [0.15, 0.2) is 67.0 Å². The molecule has 0 saturated heterocycles. The van der Waals surface area contributed by atoms with Gasteiger partial charge in [0.1, 0.15) is 6.54 Å². The topological polar surface area (TPSA) is 152 Å². The first kappa shape index (κ1) is 22.3. The van der Waals surface area contributed by atoms with Gasteiger partial charge in [0.15, 0.2) is 0 Å². The lowest BCUT2D eigenvalue weighted by molar-refractivity contribution is -0.384. The summed E-state index contributed by atoms with van der Waals surface area (Å²) in [6.45, 7) is -0.443. The normalized spacial score (nSPS) is 12.3. The molecule has 4 amide bonds. The van der Waals surface area contributed by atoms with Crippen LogP contribution in [0, 0.1) is 10.1 Å². The zero-order valence-corrected chi connectivity index (χ0v) is 17.6. The van der Waals surface area contributed by atoms with E-state index in [2.05, 4.69) is 15.6 Å². The largest absolute Gasteiger partial charge is 0.350 e. The minimum Gasteiger partial charge on any atom is -0.350 e. The molecule has 0 radical (unpaired) electrons. The molecule has 0 spiro atoms. The second-order valence-corrected chi connectivity index (χ2v) is 7.36. The molecule has 2 aromatic carbocycles. The lowest BCUT2D eigenvalue weighted by Crippen LogP contribution is -2.40. The smallest absolute Gasteiger partial charge is 0.270 e. The Kier molecular flexibility index (Phi) is 6.08. The van der Waals surface area contributed by atoms with Crippen LogP contribution in [0.4, 0.5) is 11.4 Å². The first-order chi connectivity index (χ1) is 16.3. The summed E-state index contributed by atoms with van der Waals surface area (Å²) >= 11 is 0. The predicted octanol–water partition coefficient (Wildman–Crippen LogP) is 2.15. The van der Waals surface area contributed by atoms with Crippen LogP contribution >= 0.6 is 0 Å². The highest BCUT2D eigenvalue weighted by Gasteiger charge is 2.37. The van der Waals surface area contributed by atoms with Gasteiger partial charge in [-0.25, -0.2) is 0 Å². The first-order valence-corrected chi connectivity index (χ1v) is 10.0. The third kappa shape index (κ3) is 4.63. The zero-order chi connectivity index (χ0) is 24.2. The van der Waals surface area contributed by atoms with Crippen molar-refractivity contribution in [3.05, 3.63) is 99.4 Å². The average Bonchev–Trinajstić information content (AvgIpc) is 3.07. The van der Waals surface area contributed by atoms with Crippen LogP contribution in [0.3, 0.4) is 0 Å². The summed E-state index contributed by atoms with van der Waals surface area (Å²) in [5.41, 5.74) is 1.18. The first-order valence-electron chi connectivity index (χ1n) is 10.0. The number of hydrogen-bond donors (Lipinski definition) is 2. The van der Waals surface area contributed by atoms with E-state index in [1.165, 1.54) is 12.3 Å². The number of non-ortho nitro benzene ring substituents is 1. The van der Waals surface area contributed by atoms with E-state index in [1.54, 1.807) is 42.6 Å². The van der Waals surface area contributed by atoms with Crippen LogP contribution in [0.2, 0.25) is 0 Å². The van der Waals surface area contributed by atoms with E-state index in [9.17, 15) is 29.3 Å². The second-order valence-electron chi connectivity index (χ2n) is 7.36. The maximum absolute atomic E-state index is 12.5. The summed E-state index contributed by atoms with van der Waals surface area (Å²) in [4.78, 5) is 64.6. The Morgan fingerprint density at radius 1 is 1.00 bits per heavy atom. The Bertz CT molecular complexity index is 1320. The summed E-state index contributed by atoms with van der Waals surface area (Å²) in [5, 5.41) is 16.3. The lowest BCUT2D eigenvalue weighted by atomic mass is 10.1. The number of rotatable bonds is 7. The molecule has 2 N–H and O–H groups in total. The van der Waals surface area contributed by atoms with Gasteiger partial charge in [0.05, 0.1) is 21.6 Å². The predicted molar refractivity (Wildman–Crippen MR) is 119 cm³/mol. The summed E-state index contributed by atoms with van der Waals surface area (Å²) in [5.74, 6) is -2.38. The van der Waals surface area contributed by atoms with Crippen LogP contribution < -0.4 is 10.6 Å². The molecule has 11 heteroatoms. The van der Waals surface area contributed by atoms with Crippen LogP contribution in [0.5, 0.6) is 0 Å². The number of carbonyl (C=O) groups is 4. The standard InChI is InChI=1S/C23H17N5O6/c29-20(13-27-22(31)18-7-6-17(28(33)34)10-19(18)23(27)32)25-11-14-3-1-5-16(9-14)26-21(30)15-4-2-8-24-12-15/h1-10,12H,11,13H2,(H,25,29)(H,26,30). The van der Waals surface area contributed by atoms with Crippen molar-refractivity contribution in [3.8, 4) is 0 Å². The number of benzene rings is 2. The fraction of sp³-hybridized carbons (Fsp3) is 0.0870. The lowest BCUT2D eigenvalue weighted by Gasteiger charge is -2.14. The molecule has 0 unspecified atom stereocenters. The van der Waals surface area contributed by atoms with Crippen molar-refractivity contribution in [2.45, 2.75) is 6.54 Å². The van der Waals surface area contributed by atoms with Crippen molar-refractivity contribution in [2.24, 2.45) is 0 Å². The minimum absolute atomic E-state index is 0.0143. The van der Waals surface area contributed by atoms with Gasteiger partial charge in [0.25, 0.3) is 23.4 Å². The molecule has 0 atom stereocenters. The number of nitrogens with one attached hydrogen (secondary N) is 2. The van der Waals surface area contributed by atoms with Crippen LogP contribution in [-0.4, -0.2) is 45.0 Å². The van der Waals surface area contributed by atoms with Crippen molar-refractivity contribution in [1.82, 2.24) is 15.2 Å². The van der Waals surface area contributed by atoms with Gasteiger partial charge in [-0.15, -0.1) is 0 Å². The van der Waals surface area contributed by atoms with Gasteiger partial charge in [-0.3, -0.25) is 39.2 Å². The second kappa shape index (κ2) is 9.28. The summed E-state index contributed by atoms with van der Waals surface area (Å²) < 4.78 is 0. The third-order valence-corrected chi connectivity index (χ3v) is 5.07. The van der Waals surface area contributed by atoms with Crippen molar-refractivity contribution >= 4 is 35.0 Å². The third-order valence-electron chi connectivity index (χ3n) is 5.07. The van der Waals surface area contributed by atoms with Crippen molar-refractivity contribution < 1.29 is 24.1 Å². The molecule has 0 bridgehead atoms. The maximum Gasteiger partial charge on any atom is 0.270 e. The van der Waals surface area contributed by atoms with Crippen LogP contribution in [0.25, 0.3) is 0 Å². The number of nitrogens with zero attached hydrogens (tertiary/aromatic N) is 3. The number of carbonyl (C=O) groups excluding carboxylic acids is 4. The summed E-state index contributed by atoms with van der Waals surface area (Å²) in [7, 11) is 0. The molecule has 1 aliphatic heterocycles. The van der Waals surface area contributed by atoms with E-state index in [0.29, 0.717) is 16.8 Å². The van der Waals surface area contributed by atoms with E-state index in [0.717, 1.165) is 17.0 Å². The highest BCUT2D eigenvalue weighted by atomic mass is 16.6. The number of hydrogen-bond acceptors (Lipinski definition) is 7. The fourth-order valence-electron chi connectivity index (χ4n) is 3.40. The SMILES string of the molecule is O=C(CN1C(=O)c2ccc([N+](=O)[O-])cc2C1=O)NCc1cccc(NC(=O)c2cccnc2)c1. The minimum atomic E-state index is -0.765.